The number of alkyl halides is 1. The molecule has 0 aromatic heterocycles. The number of sulfonamides is 1. The molecule has 0 heterocycles. The van der Waals surface area contributed by atoms with Gasteiger partial charge in [-0.2, -0.15) is 0 Å². The Balaban J connectivity index is 2.36. The van der Waals surface area contributed by atoms with Crippen LogP contribution in [0.1, 0.15) is 19.3 Å². The molecule has 1 aliphatic rings. The molecule has 0 aromatic rings. The molecule has 0 spiro atoms. The molecule has 1 fully saturated rings. The van der Waals surface area contributed by atoms with E-state index in [2.05, 4.69) is 4.72 Å². The summed E-state index contributed by atoms with van der Waals surface area (Å²) in [4.78, 5) is 0. The highest BCUT2D eigenvalue weighted by Crippen LogP contribution is 2.18. The molecular formula is C5H10ClNO2S. The van der Waals surface area contributed by atoms with E-state index in [9.17, 15) is 8.42 Å². The minimum Gasteiger partial charge on any atom is -0.211 e. The van der Waals surface area contributed by atoms with Gasteiger partial charge in [0.1, 0.15) is 5.21 Å². The minimum absolute atomic E-state index is 0.156. The summed E-state index contributed by atoms with van der Waals surface area (Å²) in [6, 6.07) is 0.156. The highest BCUT2D eigenvalue weighted by atomic mass is 35.5. The average molecular weight is 184 g/mol. The van der Waals surface area contributed by atoms with E-state index in [0.717, 1.165) is 19.3 Å². The summed E-state index contributed by atoms with van der Waals surface area (Å²) in [6.07, 6.45) is 3.03. The van der Waals surface area contributed by atoms with Gasteiger partial charge < -0.3 is 0 Å². The third kappa shape index (κ3) is 2.11. The Morgan fingerprint density at radius 2 is 2.10 bits per heavy atom. The van der Waals surface area contributed by atoms with Crippen molar-refractivity contribution in [3.05, 3.63) is 0 Å². The van der Waals surface area contributed by atoms with E-state index in [4.69, 9.17) is 11.6 Å². The molecule has 3 nitrogen and oxygen atoms in total. The van der Waals surface area contributed by atoms with Gasteiger partial charge in [0, 0.05) is 6.04 Å². The molecule has 0 amide bonds. The van der Waals surface area contributed by atoms with Crippen LogP contribution < -0.4 is 4.72 Å². The molecule has 1 saturated carbocycles. The zero-order valence-electron chi connectivity index (χ0n) is 5.51. The Morgan fingerprint density at radius 3 is 2.40 bits per heavy atom. The third-order valence-corrected chi connectivity index (χ3v) is 3.44. The summed E-state index contributed by atoms with van der Waals surface area (Å²) in [6.45, 7) is 0. The van der Waals surface area contributed by atoms with Gasteiger partial charge in [0.25, 0.3) is 0 Å². The van der Waals surface area contributed by atoms with Crippen molar-refractivity contribution in [1.29, 1.82) is 0 Å². The molecule has 10 heavy (non-hydrogen) atoms. The van der Waals surface area contributed by atoms with Gasteiger partial charge in [-0.3, -0.25) is 0 Å². The summed E-state index contributed by atoms with van der Waals surface area (Å²) in [5, 5.41) is -0.330. The van der Waals surface area contributed by atoms with Crippen LogP contribution in [0.5, 0.6) is 0 Å². The Bertz CT molecular complexity index is 198. The number of hydrogen-bond donors (Lipinski definition) is 1. The van der Waals surface area contributed by atoms with Crippen LogP contribution in [0.2, 0.25) is 0 Å². The number of halogens is 1. The van der Waals surface area contributed by atoms with Crippen LogP contribution >= 0.6 is 11.6 Å². The Kier molecular flexibility index (Phi) is 2.55. The molecule has 1 N–H and O–H groups in total. The molecule has 0 saturated heterocycles. The molecule has 0 bridgehead atoms. The van der Waals surface area contributed by atoms with Crippen LogP contribution in [0.3, 0.4) is 0 Å². The molecule has 0 aromatic carbocycles. The van der Waals surface area contributed by atoms with E-state index >= 15 is 0 Å². The van der Waals surface area contributed by atoms with Gasteiger partial charge >= 0.3 is 0 Å². The van der Waals surface area contributed by atoms with Crippen molar-refractivity contribution in [2.45, 2.75) is 25.3 Å². The van der Waals surface area contributed by atoms with Crippen molar-refractivity contribution in [2.75, 3.05) is 5.21 Å². The zero-order valence-corrected chi connectivity index (χ0v) is 7.08. The maximum Gasteiger partial charge on any atom is 0.225 e. The molecule has 0 radical (unpaired) electrons. The first kappa shape index (κ1) is 8.30. The lowest BCUT2D eigenvalue weighted by Gasteiger charge is -2.25. The zero-order chi connectivity index (χ0) is 7.61. The van der Waals surface area contributed by atoms with Crippen LogP contribution in [0.4, 0.5) is 0 Å². The second-order valence-corrected chi connectivity index (χ2v) is 4.81. The van der Waals surface area contributed by atoms with Crippen LogP contribution in [-0.2, 0) is 10.0 Å². The summed E-state index contributed by atoms with van der Waals surface area (Å²) in [7, 11) is -3.16. The van der Waals surface area contributed by atoms with Gasteiger partial charge in [0.2, 0.25) is 10.0 Å². The second kappa shape index (κ2) is 3.07. The molecule has 0 atom stereocenters. The van der Waals surface area contributed by atoms with Crippen molar-refractivity contribution < 1.29 is 8.42 Å². The lowest BCUT2D eigenvalue weighted by atomic mass is 9.94. The SMILES string of the molecule is O=S(=O)(CCl)NC1CCC1. The average Bonchev–Trinajstić information content (AvgIpc) is 1.80. The Labute approximate surface area is 65.8 Å². The molecule has 0 unspecified atom stereocenters. The molecule has 1 rings (SSSR count). The minimum atomic E-state index is -3.16. The normalized spacial score (nSPS) is 20.5. The van der Waals surface area contributed by atoms with E-state index < -0.39 is 10.0 Å². The van der Waals surface area contributed by atoms with Crippen LogP contribution in [-0.4, -0.2) is 19.7 Å². The van der Waals surface area contributed by atoms with Crippen molar-refractivity contribution in [3.8, 4) is 0 Å². The maximum absolute atomic E-state index is 10.8. The van der Waals surface area contributed by atoms with E-state index in [1.54, 1.807) is 0 Å². The van der Waals surface area contributed by atoms with Crippen molar-refractivity contribution >= 4 is 21.6 Å². The molecule has 0 aliphatic heterocycles. The fraction of sp³-hybridized carbons (Fsp3) is 1.00. The monoisotopic (exact) mass is 183 g/mol. The van der Waals surface area contributed by atoms with Gasteiger partial charge in [-0.15, -0.1) is 11.6 Å². The first-order chi connectivity index (χ1) is 4.64. The smallest absolute Gasteiger partial charge is 0.211 e. The largest absolute Gasteiger partial charge is 0.225 e. The van der Waals surface area contributed by atoms with Crippen LogP contribution in [0, 0.1) is 0 Å². The van der Waals surface area contributed by atoms with E-state index in [1.807, 2.05) is 0 Å². The van der Waals surface area contributed by atoms with Crippen molar-refractivity contribution in [1.82, 2.24) is 4.72 Å². The van der Waals surface area contributed by atoms with Crippen molar-refractivity contribution in [3.63, 3.8) is 0 Å². The highest BCUT2D eigenvalue weighted by Gasteiger charge is 2.22. The fourth-order valence-electron chi connectivity index (χ4n) is 0.812. The van der Waals surface area contributed by atoms with E-state index in [0.29, 0.717) is 0 Å². The predicted molar refractivity (Wildman–Crippen MR) is 40.4 cm³/mol. The molecule has 5 heteroatoms. The lowest BCUT2D eigenvalue weighted by molar-refractivity contribution is 0.384. The van der Waals surface area contributed by atoms with Gasteiger partial charge in [0.15, 0.2) is 0 Å². The molecule has 1 aliphatic carbocycles. The number of hydrogen-bond acceptors (Lipinski definition) is 2. The fourth-order valence-corrected chi connectivity index (χ4v) is 1.81. The first-order valence-electron chi connectivity index (χ1n) is 3.20. The summed E-state index contributed by atoms with van der Waals surface area (Å²) in [5.74, 6) is 0. The predicted octanol–water partition coefficient (Wildman–Crippen LogP) is 0.655. The number of nitrogens with one attached hydrogen (secondary N) is 1. The van der Waals surface area contributed by atoms with Crippen molar-refractivity contribution in [2.24, 2.45) is 0 Å². The van der Waals surface area contributed by atoms with Crippen LogP contribution in [0.25, 0.3) is 0 Å². The Morgan fingerprint density at radius 1 is 1.50 bits per heavy atom. The standard InChI is InChI=1S/C5H10ClNO2S/c6-4-10(8,9)7-5-2-1-3-5/h5,7H,1-4H2. The summed E-state index contributed by atoms with van der Waals surface area (Å²) >= 11 is 5.17. The van der Waals surface area contributed by atoms with Gasteiger partial charge in [-0.05, 0) is 12.8 Å². The van der Waals surface area contributed by atoms with E-state index in [-0.39, 0.29) is 11.3 Å². The first-order valence-corrected chi connectivity index (χ1v) is 5.39. The molecule has 60 valence electrons. The third-order valence-electron chi connectivity index (χ3n) is 1.60. The van der Waals surface area contributed by atoms with Crippen LogP contribution in [0.15, 0.2) is 0 Å². The molecular weight excluding hydrogens is 174 g/mol. The topological polar surface area (TPSA) is 46.2 Å². The maximum atomic E-state index is 10.8. The quantitative estimate of drug-likeness (QED) is 0.654. The van der Waals surface area contributed by atoms with Gasteiger partial charge in [-0.1, -0.05) is 6.42 Å². The number of rotatable bonds is 3. The van der Waals surface area contributed by atoms with Gasteiger partial charge in [0.05, 0.1) is 0 Å². The van der Waals surface area contributed by atoms with Gasteiger partial charge in [-0.25, -0.2) is 13.1 Å². The Hall–Kier alpha value is 0.200. The van der Waals surface area contributed by atoms with E-state index in [1.165, 1.54) is 0 Å². The highest BCUT2D eigenvalue weighted by molar-refractivity contribution is 7.90. The summed E-state index contributed by atoms with van der Waals surface area (Å²) in [5.41, 5.74) is 0. The lowest BCUT2D eigenvalue weighted by Crippen LogP contribution is -2.39. The second-order valence-electron chi connectivity index (χ2n) is 2.47. The summed E-state index contributed by atoms with van der Waals surface area (Å²) < 4.78 is 24.0.